The summed E-state index contributed by atoms with van der Waals surface area (Å²) < 4.78 is 5.45. The van der Waals surface area contributed by atoms with Crippen LogP contribution in [0.25, 0.3) is 0 Å². The van der Waals surface area contributed by atoms with E-state index in [9.17, 15) is 0 Å². The van der Waals surface area contributed by atoms with E-state index in [1.54, 1.807) is 18.4 Å². The lowest BCUT2D eigenvalue weighted by Gasteiger charge is -2.25. The highest BCUT2D eigenvalue weighted by Crippen LogP contribution is 2.49. The quantitative estimate of drug-likeness (QED) is 0.685. The molecule has 6 heteroatoms. The Morgan fingerprint density at radius 1 is 1.50 bits per heavy atom. The largest absolute Gasteiger partial charge is 0.384 e. The van der Waals surface area contributed by atoms with Gasteiger partial charge in [-0.05, 0) is 18.9 Å². The molecule has 96 valence electrons. The molecule has 0 amide bonds. The summed E-state index contributed by atoms with van der Waals surface area (Å²) in [6.45, 7) is 0. The van der Waals surface area contributed by atoms with Crippen molar-refractivity contribution in [2.24, 2.45) is 4.99 Å². The monoisotopic (exact) mass is 285 g/mol. The Hall–Kier alpha value is -1.00. The van der Waals surface area contributed by atoms with Crippen molar-refractivity contribution < 1.29 is 4.52 Å². The lowest BCUT2D eigenvalue weighted by molar-refractivity contribution is 0.354. The summed E-state index contributed by atoms with van der Waals surface area (Å²) in [5.41, 5.74) is 1.19. The second-order valence-corrected chi connectivity index (χ2v) is 5.60. The summed E-state index contributed by atoms with van der Waals surface area (Å²) in [4.78, 5) is 3.13. The van der Waals surface area contributed by atoms with Crippen molar-refractivity contribution in [3.63, 3.8) is 0 Å². The van der Waals surface area contributed by atoms with Gasteiger partial charge >= 0.3 is 0 Å². The molecule has 0 saturated heterocycles. The fourth-order valence-electron chi connectivity index (χ4n) is 2.12. The molecule has 1 aliphatic carbocycles. The fraction of sp³-hybridized carbons (Fsp3) is 0.500. The Morgan fingerprint density at radius 3 is 2.89 bits per heavy atom. The number of aromatic nitrogens is 1. The van der Waals surface area contributed by atoms with Crippen LogP contribution in [0.4, 0.5) is 5.69 Å². The van der Waals surface area contributed by atoms with Crippen molar-refractivity contribution in [3.05, 3.63) is 23.6 Å². The van der Waals surface area contributed by atoms with Gasteiger partial charge in [-0.3, -0.25) is 4.99 Å². The maximum atomic E-state index is 6.57. The highest BCUT2D eigenvalue weighted by molar-refractivity contribution is 6.34. The molecule has 0 aromatic carbocycles. The normalized spacial score (nSPS) is 30.7. The molecule has 1 fully saturated rings. The maximum absolute atomic E-state index is 6.57. The number of anilines is 1. The van der Waals surface area contributed by atoms with Gasteiger partial charge in [0.05, 0.1) is 0 Å². The molecular formula is C12H13Cl2N3O. The predicted molar refractivity (Wildman–Crippen MR) is 72.8 cm³/mol. The number of alkyl halides is 2. The van der Waals surface area contributed by atoms with Gasteiger partial charge in [0.2, 0.25) is 0 Å². The van der Waals surface area contributed by atoms with Gasteiger partial charge in [0.25, 0.3) is 0 Å². The van der Waals surface area contributed by atoms with Crippen LogP contribution < -0.4 is 5.32 Å². The summed E-state index contributed by atoms with van der Waals surface area (Å²) in [5, 5.41) is 7.26. The third kappa shape index (κ3) is 1.75. The third-order valence-corrected chi connectivity index (χ3v) is 4.34. The van der Waals surface area contributed by atoms with E-state index in [4.69, 9.17) is 27.7 Å². The first-order valence-electron chi connectivity index (χ1n) is 5.88. The standard InChI is InChI=1S/C12H13Cl2N3O/c1-15-9-8(7-3-4-7)17-18-10(9)12(14)5-2-6-16-11(12)13/h2,5-7,11,15H,3-4H2,1H3. The minimum Gasteiger partial charge on any atom is -0.384 e. The van der Waals surface area contributed by atoms with E-state index >= 15 is 0 Å². The van der Waals surface area contributed by atoms with E-state index < -0.39 is 10.4 Å². The van der Waals surface area contributed by atoms with E-state index in [0.29, 0.717) is 11.7 Å². The molecule has 1 N–H and O–H groups in total. The van der Waals surface area contributed by atoms with Gasteiger partial charge in [-0.25, -0.2) is 0 Å². The zero-order valence-corrected chi connectivity index (χ0v) is 11.4. The van der Waals surface area contributed by atoms with Crippen LogP contribution in [-0.4, -0.2) is 23.9 Å². The number of aliphatic imine (C=N–C) groups is 1. The Kier molecular flexibility index (Phi) is 2.87. The Balaban J connectivity index is 2.06. The fourth-order valence-corrected chi connectivity index (χ4v) is 2.62. The van der Waals surface area contributed by atoms with Crippen molar-refractivity contribution in [1.29, 1.82) is 0 Å². The minimum absolute atomic E-state index is 0.482. The lowest BCUT2D eigenvalue weighted by Crippen LogP contribution is -2.29. The van der Waals surface area contributed by atoms with Crippen molar-refractivity contribution in [1.82, 2.24) is 5.16 Å². The number of nitrogens with zero attached hydrogens (tertiary/aromatic N) is 2. The molecule has 1 aromatic heterocycles. The molecule has 0 radical (unpaired) electrons. The van der Waals surface area contributed by atoms with Crippen LogP contribution in [0.1, 0.15) is 30.2 Å². The summed E-state index contributed by atoms with van der Waals surface area (Å²) in [6.07, 6.45) is 7.49. The van der Waals surface area contributed by atoms with Crippen LogP contribution in [0, 0.1) is 0 Å². The summed E-state index contributed by atoms with van der Waals surface area (Å²) in [6, 6.07) is 0. The van der Waals surface area contributed by atoms with Gasteiger partial charge in [0.1, 0.15) is 11.4 Å². The molecule has 4 nitrogen and oxygen atoms in total. The topological polar surface area (TPSA) is 50.4 Å². The molecule has 1 aliphatic heterocycles. The molecule has 2 atom stereocenters. The number of dihydropyridines is 1. The summed E-state index contributed by atoms with van der Waals surface area (Å²) >= 11 is 12.8. The summed E-state index contributed by atoms with van der Waals surface area (Å²) in [5.74, 6) is 1.02. The summed E-state index contributed by atoms with van der Waals surface area (Å²) in [7, 11) is 1.83. The number of hydrogen-bond acceptors (Lipinski definition) is 4. The van der Waals surface area contributed by atoms with Crippen LogP contribution in [-0.2, 0) is 4.87 Å². The Morgan fingerprint density at radius 2 is 2.28 bits per heavy atom. The van der Waals surface area contributed by atoms with Gasteiger partial charge < -0.3 is 9.84 Å². The SMILES string of the molecule is CNc1c(C2CC2)noc1C1(Cl)C=CC=NC1Cl. The number of halogens is 2. The second-order valence-electron chi connectivity index (χ2n) is 4.56. The van der Waals surface area contributed by atoms with Gasteiger partial charge in [0, 0.05) is 19.2 Å². The highest BCUT2D eigenvalue weighted by Gasteiger charge is 2.44. The van der Waals surface area contributed by atoms with Crippen LogP contribution in [0.15, 0.2) is 21.7 Å². The minimum atomic E-state index is -0.977. The van der Waals surface area contributed by atoms with Gasteiger partial charge in [-0.2, -0.15) is 0 Å². The van der Waals surface area contributed by atoms with Crippen molar-refractivity contribution in [3.8, 4) is 0 Å². The van der Waals surface area contributed by atoms with E-state index in [2.05, 4.69) is 15.5 Å². The van der Waals surface area contributed by atoms with Crippen molar-refractivity contribution in [2.75, 3.05) is 12.4 Å². The second kappa shape index (κ2) is 4.28. The maximum Gasteiger partial charge on any atom is 0.188 e. The number of hydrogen-bond donors (Lipinski definition) is 1. The molecule has 2 unspecified atom stereocenters. The van der Waals surface area contributed by atoms with Crippen molar-refractivity contribution >= 4 is 35.1 Å². The highest BCUT2D eigenvalue weighted by atomic mass is 35.5. The van der Waals surface area contributed by atoms with Crippen LogP contribution in [0.2, 0.25) is 0 Å². The van der Waals surface area contributed by atoms with Gasteiger partial charge in [0.15, 0.2) is 16.1 Å². The Labute approximate surface area is 115 Å². The van der Waals surface area contributed by atoms with E-state index in [-0.39, 0.29) is 0 Å². The molecule has 1 aromatic rings. The molecule has 3 rings (SSSR count). The van der Waals surface area contributed by atoms with Crippen LogP contribution >= 0.6 is 23.2 Å². The van der Waals surface area contributed by atoms with Gasteiger partial charge in [-0.15, -0.1) is 11.6 Å². The number of rotatable bonds is 3. The van der Waals surface area contributed by atoms with E-state index in [1.165, 1.54) is 0 Å². The molecular weight excluding hydrogens is 273 g/mol. The molecule has 1 saturated carbocycles. The first kappa shape index (κ1) is 12.1. The van der Waals surface area contributed by atoms with Crippen molar-refractivity contribution in [2.45, 2.75) is 29.1 Å². The first-order chi connectivity index (χ1) is 8.66. The number of allylic oxidation sites excluding steroid dienone is 1. The molecule has 2 heterocycles. The number of nitrogens with one attached hydrogen (secondary N) is 1. The van der Waals surface area contributed by atoms with E-state index in [0.717, 1.165) is 24.2 Å². The molecule has 18 heavy (non-hydrogen) atoms. The van der Waals surface area contributed by atoms with E-state index in [1.807, 2.05) is 7.05 Å². The average Bonchev–Trinajstić information content (AvgIpc) is 3.12. The lowest BCUT2D eigenvalue weighted by atomic mass is 10.0. The van der Waals surface area contributed by atoms with Crippen LogP contribution in [0.3, 0.4) is 0 Å². The molecule has 2 aliphatic rings. The third-order valence-electron chi connectivity index (χ3n) is 3.27. The average molecular weight is 286 g/mol. The first-order valence-corrected chi connectivity index (χ1v) is 6.70. The molecule has 0 spiro atoms. The van der Waals surface area contributed by atoms with Gasteiger partial charge in [-0.1, -0.05) is 22.8 Å². The predicted octanol–water partition coefficient (Wildman–Crippen LogP) is 3.23. The van der Waals surface area contributed by atoms with Crippen LogP contribution in [0.5, 0.6) is 0 Å². The molecule has 0 bridgehead atoms. The Bertz CT molecular complexity index is 521. The zero-order chi connectivity index (χ0) is 12.8. The smallest absolute Gasteiger partial charge is 0.188 e. The zero-order valence-electron chi connectivity index (χ0n) is 9.86.